The third-order valence-electron chi connectivity index (χ3n) is 3.85. The molecule has 0 bridgehead atoms. The molecule has 0 unspecified atom stereocenters. The lowest BCUT2D eigenvalue weighted by Gasteiger charge is -2.18. The zero-order chi connectivity index (χ0) is 15.7. The first kappa shape index (κ1) is 14.8. The third-order valence-corrected chi connectivity index (χ3v) is 5.22. The van der Waals surface area contributed by atoms with Crippen molar-refractivity contribution in [2.75, 3.05) is 11.4 Å². The number of benzene rings is 2. The first-order chi connectivity index (χ1) is 10.5. The van der Waals surface area contributed by atoms with Gasteiger partial charge in [0.05, 0.1) is 4.90 Å². The van der Waals surface area contributed by atoms with E-state index in [4.69, 9.17) is 0 Å². The highest BCUT2D eigenvalue weighted by molar-refractivity contribution is 7.90. The number of anilines is 1. The lowest BCUT2D eigenvalue weighted by Crippen LogP contribution is -2.27. The Balaban J connectivity index is 1.93. The predicted molar refractivity (Wildman–Crippen MR) is 89.0 cm³/mol. The summed E-state index contributed by atoms with van der Waals surface area (Å²) in [4.78, 5) is 2.19. The summed E-state index contributed by atoms with van der Waals surface area (Å²) in [5, 5.41) is 0. The van der Waals surface area contributed by atoms with Crippen molar-refractivity contribution in [2.45, 2.75) is 25.2 Å². The van der Waals surface area contributed by atoms with Crippen LogP contribution in [0.5, 0.6) is 0 Å². The van der Waals surface area contributed by atoms with Crippen molar-refractivity contribution in [3.8, 4) is 0 Å². The van der Waals surface area contributed by atoms with Gasteiger partial charge in [0.15, 0.2) is 0 Å². The van der Waals surface area contributed by atoms with Crippen molar-refractivity contribution in [3.63, 3.8) is 0 Å². The van der Waals surface area contributed by atoms with Gasteiger partial charge in [-0.15, -0.1) is 4.40 Å². The summed E-state index contributed by atoms with van der Waals surface area (Å²) in [7, 11) is -3.67. The molecule has 0 amide bonds. The summed E-state index contributed by atoms with van der Waals surface area (Å²) in [6.45, 7) is 4.43. The number of hydrogen-bond donors (Lipinski definition) is 0. The Bertz CT molecular complexity index is 824. The van der Waals surface area contributed by atoms with Gasteiger partial charge in [-0.2, -0.15) is 8.42 Å². The van der Waals surface area contributed by atoms with Crippen LogP contribution in [0.4, 0.5) is 5.69 Å². The van der Waals surface area contributed by atoms with Crippen molar-refractivity contribution < 1.29 is 8.42 Å². The fourth-order valence-electron chi connectivity index (χ4n) is 2.66. The van der Waals surface area contributed by atoms with Crippen LogP contribution in [0.1, 0.15) is 18.1 Å². The van der Waals surface area contributed by atoms with Gasteiger partial charge in [0.2, 0.25) is 0 Å². The van der Waals surface area contributed by atoms with Gasteiger partial charge < -0.3 is 4.90 Å². The number of rotatable bonds is 2. The molecule has 22 heavy (non-hydrogen) atoms. The van der Waals surface area contributed by atoms with Gasteiger partial charge in [0.25, 0.3) is 10.0 Å². The zero-order valence-corrected chi connectivity index (χ0v) is 13.5. The fraction of sp³-hybridized carbons (Fsp3) is 0.235. The Hall–Kier alpha value is -2.14. The molecule has 1 aliphatic heterocycles. The fourth-order valence-corrected chi connectivity index (χ4v) is 3.69. The number of fused-ring (bicyclic) bond motifs is 1. The highest BCUT2D eigenvalue weighted by Crippen LogP contribution is 2.28. The molecule has 4 nitrogen and oxygen atoms in total. The first-order valence-electron chi connectivity index (χ1n) is 7.21. The molecule has 1 aliphatic rings. The maximum Gasteiger partial charge on any atom is 0.283 e. The summed E-state index contributed by atoms with van der Waals surface area (Å²) < 4.78 is 28.8. The van der Waals surface area contributed by atoms with Crippen LogP contribution in [0, 0.1) is 6.92 Å². The Kier molecular flexibility index (Phi) is 3.74. The van der Waals surface area contributed by atoms with Gasteiger partial charge in [0, 0.05) is 12.2 Å². The number of nitrogens with zero attached hydrogens (tertiary/aromatic N) is 2. The lowest BCUT2D eigenvalue weighted by atomic mass is 10.2. The number of amidine groups is 1. The van der Waals surface area contributed by atoms with Crippen molar-refractivity contribution in [2.24, 2.45) is 4.40 Å². The maximum atomic E-state index is 12.4. The number of aryl methyl sites for hydroxylation is 1. The van der Waals surface area contributed by atoms with E-state index < -0.39 is 10.0 Å². The predicted octanol–water partition coefficient (Wildman–Crippen LogP) is 3.16. The van der Waals surface area contributed by atoms with Gasteiger partial charge in [0.1, 0.15) is 5.84 Å². The molecule has 0 atom stereocenters. The monoisotopic (exact) mass is 314 g/mol. The quantitative estimate of drug-likeness (QED) is 0.632. The van der Waals surface area contributed by atoms with Crippen molar-refractivity contribution in [3.05, 3.63) is 59.7 Å². The van der Waals surface area contributed by atoms with Crippen LogP contribution in [-0.4, -0.2) is 20.8 Å². The van der Waals surface area contributed by atoms with Gasteiger partial charge in [-0.25, -0.2) is 0 Å². The van der Waals surface area contributed by atoms with E-state index in [1.54, 1.807) is 31.2 Å². The topological polar surface area (TPSA) is 49.7 Å². The highest BCUT2D eigenvalue weighted by Gasteiger charge is 2.22. The molecule has 0 aromatic heterocycles. The molecule has 0 saturated heterocycles. The first-order valence-corrected chi connectivity index (χ1v) is 8.65. The summed E-state index contributed by atoms with van der Waals surface area (Å²) in [5.74, 6) is 0.505. The van der Waals surface area contributed by atoms with E-state index in [-0.39, 0.29) is 4.90 Å². The second kappa shape index (κ2) is 5.57. The Morgan fingerprint density at radius 3 is 2.50 bits per heavy atom. The van der Waals surface area contributed by atoms with Crippen LogP contribution in [0.2, 0.25) is 0 Å². The second-order valence-corrected chi connectivity index (χ2v) is 7.06. The van der Waals surface area contributed by atoms with Gasteiger partial charge in [-0.1, -0.05) is 35.9 Å². The molecule has 3 rings (SSSR count). The van der Waals surface area contributed by atoms with Gasteiger partial charge in [-0.05, 0) is 44.0 Å². The van der Waals surface area contributed by atoms with E-state index in [0.29, 0.717) is 5.84 Å². The average molecular weight is 314 g/mol. The van der Waals surface area contributed by atoms with E-state index in [2.05, 4.69) is 10.5 Å². The molecule has 2 aromatic rings. The molecule has 5 heteroatoms. The number of hydrogen-bond acceptors (Lipinski definition) is 2. The minimum Gasteiger partial charge on any atom is -0.329 e. The summed E-state index contributed by atoms with van der Waals surface area (Å²) in [5.41, 5.74) is 3.29. The number of sulfonamides is 1. The van der Waals surface area contributed by atoms with Crippen LogP contribution >= 0.6 is 0 Å². The largest absolute Gasteiger partial charge is 0.329 e. The van der Waals surface area contributed by atoms with Crippen molar-refractivity contribution >= 4 is 21.5 Å². The molecule has 0 spiro atoms. The third kappa shape index (κ3) is 2.76. The van der Waals surface area contributed by atoms with Crippen molar-refractivity contribution in [1.29, 1.82) is 0 Å². The van der Waals surface area contributed by atoms with E-state index in [9.17, 15) is 8.42 Å². The normalized spacial score (nSPS) is 15.0. The summed E-state index contributed by atoms with van der Waals surface area (Å²) in [6.07, 6.45) is 0.910. The maximum absolute atomic E-state index is 12.4. The van der Waals surface area contributed by atoms with Crippen LogP contribution in [0.25, 0.3) is 0 Å². The summed E-state index contributed by atoms with van der Waals surface area (Å²) in [6, 6.07) is 14.8. The molecule has 2 aromatic carbocycles. The molecule has 114 valence electrons. The zero-order valence-electron chi connectivity index (χ0n) is 12.7. The molecular formula is C17H18N2O2S. The van der Waals surface area contributed by atoms with E-state index >= 15 is 0 Å². The van der Waals surface area contributed by atoms with Crippen LogP contribution in [0.3, 0.4) is 0 Å². The molecule has 0 aliphatic carbocycles. The van der Waals surface area contributed by atoms with Crippen LogP contribution in [-0.2, 0) is 16.4 Å². The number of para-hydroxylation sites is 1. The Morgan fingerprint density at radius 2 is 1.77 bits per heavy atom. The molecule has 1 heterocycles. The molecular weight excluding hydrogens is 296 g/mol. The lowest BCUT2D eigenvalue weighted by molar-refractivity contribution is 0.598. The van der Waals surface area contributed by atoms with Gasteiger partial charge >= 0.3 is 0 Å². The van der Waals surface area contributed by atoms with E-state index in [0.717, 1.165) is 24.2 Å². The smallest absolute Gasteiger partial charge is 0.283 e. The highest BCUT2D eigenvalue weighted by atomic mass is 32.2. The van der Waals surface area contributed by atoms with Crippen LogP contribution in [0.15, 0.2) is 57.8 Å². The second-order valence-electron chi connectivity index (χ2n) is 5.46. The minimum atomic E-state index is -3.67. The van der Waals surface area contributed by atoms with Crippen molar-refractivity contribution in [1.82, 2.24) is 0 Å². The summed E-state index contributed by atoms with van der Waals surface area (Å²) >= 11 is 0. The molecule has 0 N–H and O–H groups in total. The van der Waals surface area contributed by atoms with Gasteiger partial charge in [-0.3, -0.25) is 0 Å². The van der Waals surface area contributed by atoms with Crippen LogP contribution < -0.4 is 4.90 Å². The minimum absolute atomic E-state index is 0.227. The Labute approximate surface area is 131 Å². The average Bonchev–Trinajstić information content (AvgIpc) is 2.91. The Morgan fingerprint density at radius 1 is 1.09 bits per heavy atom. The van der Waals surface area contributed by atoms with E-state index in [1.807, 2.05) is 30.0 Å². The van der Waals surface area contributed by atoms with E-state index in [1.165, 1.54) is 5.56 Å². The SMILES string of the molecule is C/C(=N\S(=O)(=O)c1ccc(C)cc1)N1CCc2ccccc21. The standard InChI is InChI=1S/C17H18N2O2S/c1-13-7-9-16(10-8-13)22(20,21)18-14(2)19-12-11-15-5-3-4-6-17(15)19/h3-10H,11-12H2,1-2H3/b18-14+. The molecule has 0 radical (unpaired) electrons. The molecule has 0 saturated carbocycles. The molecule has 0 fully saturated rings.